The molecular weight excluding hydrogens is 237 g/mol. The molecule has 1 aliphatic rings. The molecule has 1 saturated heterocycles. The summed E-state index contributed by atoms with van der Waals surface area (Å²) in [5, 5.41) is 11.8. The Morgan fingerprint density at radius 3 is 2.94 bits per heavy atom. The number of benzene rings is 1. The molecule has 98 valence electrons. The molecule has 0 bridgehead atoms. The Hall–Kier alpha value is -1.62. The first-order chi connectivity index (χ1) is 8.56. The maximum atomic E-state index is 13.3. The summed E-state index contributed by atoms with van der Waals surface area (Å²) < 4.78 is 18.6. The number of ether oxygens (including phenoxy) is 1. The fraction of sp³-hybridized carbons (Fsp3) is 0.462. The van der Waals surface area contributed by atoms with Crippen molar-refractivity contribution in [3.05, 3.63) is 29.6 Å². The van der Waals surface area contributed by atoms with E-state index in [0.717, 1.165) is 0 Å². The normalized spacial score (nSPS) is 23.0. The van der Waals surface area contributed by atoms with Crippen molar-refractivity contribution in [3.8, 4) is 0 Å². The monoisotopic (exact) mass is 253 g/mol. The zero-order chi connectivity index (χ0) is 13.1. The van der Waals surface area contributed by atoms with E-state index in [9.17, 15) is 9.18 Å². The molecule has 0 radical (unpaired) electrons. The van der Waals surface area contributed by atoms with Crippen molar-refractivity contribution in [2.24, 2.45) is 0 Å². The number of carbonyl (C=O) groups is 1. The van der Waals surface area contributed by atoms with Crippen molar-refractivity contribution in [3.63, 3.8) is 0 Å². The third-order valence-corrected chi connectivity index (χ3v) is 3.09. The van der Waals surface area contributed by atoms with E-state index in [1.165, 1.54) is 6.07 Å². The minimum absolute atomic E-state index is 0.129. The molecule has 2 atom stereocenters. The van der Waals surface area contributed by atoms with Crippen LogP contribution in [0.4, 0.5) is 10.1 Å². The van der Waals surface area contributed by atoms with Crippen molar-refractivity contribution in [2.45, 2.75) is 32.0 Å². The zero-order valence-electron chi connectivity index (χ0n) is 10.1. The lowest BCUT2D eigenvalue weighted by Gasteiger charge is -2.13. The Morgan fingerprint density at radius 2 is 2.33 bits per heavy atom. The highest BCUT2D eigenvalue weighted by Gasteiger charge is 2.30. The van der Waals surface area contributed by atoms with Gasteiger partial charge in [-0.25, -0.2) is 9.18 Å². The molecule has 1 aromatic carbocycles. The molecule has 1 fully saturated rings. The number of aliphatic carboxylic acids is 1. The smallest absolute Gasteiger partial charge is 0.332 e. The van der Waals surface area contributed by atoms with Gasteiger partial charge in [-0.1, -0.05) is 6.07 Å². The van der Waals surface area contributed by atoms with Crippen molar-refractivity contribution < 1.29 is 19.0 Å². The second-order valence-corrected chi connectivity index (χ2v) is 4.51. The molecule has 0 spiro atoms. The average Bonchev–Trinajstić information content (AvgIpc) is 2.79. The van der Waals surface area contributed by atoms with Gasteiger partial charge in [0.25, 0.3) is 0 Å². The first-order valence-corrected chi connectivity index (χ1v) is 5.94. The number of hydrogen-bond donors (Lipinski definition) is 2. The van der Waals surface area contributed by atoms with Gasteiger partial charge in [-0.3, -0.25) is 0 Å². The molecule has 1 aliphatic heterocycles. The Kier molecular flexibility index (Phi) is 3.81. The van der Waals surface area contributed by atoms with Gasteiger partial charge in [0.1, 0.15) is 5.82 Å². The summed E-state index contributed by atoms with van der Waals surface area (Å²) >= 11 is 0. The first kappa shape index (κ1) is 12.8. The van der Waals surface area contributed by atoms with Gasteiger partial charge in [-0.15, -0.1) is 0 Å². The van der Waals surface area contributed by atoms with E-state index in [2.05, 4.69) is 5.32 Å². The number of carboxylic acid groups (broad SMARTS) is 1. The minimum Gasteiger partial charge on any atom is -0.479 e. The molecule has 4 nitrogen and oxygen atoms in total. The fourth-order valence-corrected chi connectivity index (χ4v) is 1.97. The lowest BCUT2D eigenvalue weighted by Crippen LogP contribution is -2.24. The number of nitrogens with one attached hydrogen (secondary N) is 1. The number of halogens is 1. The number of aryl methyl sites for hydroxylation is 1. The van der Waals surface area contributed by atoms with Crippen LogP contribution in [0.1, 0.15) is 18.4 Å². The second kappa shape index (κ2) is 5.35. The van der Waals surface area contributed by atoms with Gasteiger partial charge < -0.3 is 15.2 Å². The Morgan fingerprint density at radius 1 is 1.56 bits per heavy atom. The third kappa shape index (κ3) is 2.98. The van der Waals surface area contributed by atoms with E-state index in [0.29, 0.717) is 30.6 Å². The van der Waals surface area contributed by atoms with Crippen LogP contribution in [0.25, 0.3) is 0 Å². The summed E-state index contributed by atoms with van der Waals surface area (Å²) in [6, 6.07) is 4.92. The number of rotatable bonds is 4. The maximum Gasteiger partial charge on any atom is 0.332 e. The van der Waals surface area contributed by atoms with Gasteiger partial charge in [0, 0.05) is 12.2 Å². The molecule has 0 aliphatic carbocycles. The highest BCUT2D eigenvalue weighted by atomic mass is 19.1. The summed E-state index contributed by atoms with van der Waals surface area (Å²) in [4.78, 5) is 10.7. The van der Waals surface area contributed by atoms with E-state index < -0.39 is 12.1 Å². The van der Waals surface area contributed by atoms with Crippen LogP contribution >= 0.6 is 0 Å². The lowest BCUT2D eigenvalue weighted by atomic mass is 10.2. The van der Waals surface area contributed by atoms with Gasteiger partial charge in [-0.2, -0.15) is 0 Å². The standard InChI is InChI=1S/C13H16FNO3/c1-8-2-3-9(6-11(8)14)15-7-10-4-5-12(18-10)13(16)17/h2-3,6,10,12,15H,4-5,7H2,1H3,(H,16,17). The quantitative estimate of drug-likeness (QED) is 0.863. The van der Waals surface area contributed by atoms with Gasteiger partial charge in [0.15, 0.2) is 6.10 Å². The van der Waals surface area contributed by atoms with Gasteiger partial charge in [0.2, 0.25) is 0 Å². The Labute approximate surface area is 105 Å². The molecule has 2 unspecified atom stereocenters. The van der Waals surface area contributed by atoms with Gasteiger partial charge >= 0.3 is 5.97 Å². The summed E-state index contributed by atoms with van der Waals surface area (Å²) in [7, 11) is 0. The molecule has 1 heterocycles. The van der Waals surface area contributed by atoms with Crippen molar-refractivity contribution in [2.75, 3.05) is 11.9 Å². The van der Waals surface area contributed by atoms with Crippen LogP contribution in [0.15, 0.2) is 18.2 Å². The van der Waals surface area contributed by atoms with Crippen LogP contribution in [-0.2, 0) is 9.53 Å². The van der Waals surface area contributed by atoms with Crippen molar-refractivity contribution in [1.29, 1.82) is 0 Å². The third-order valence-electron chi connectivity index (χ3n) is 3.09. The zero-order valence-corrected chi connectivity index (χ0v) is 10.1. The van der Waals surface area contributed by atoms with E-state index in [-0.39, 0.29) is 11.9 Å². The van der Waals surface area contributed by atoms with Crippen LogP contribution in [0.3, 0.4) is 0 Å². The summed E-state index contributed by atoms with van der Waals surface area (Å²) in [6.45, 7) is 2.20. The van der Waals surface area contributed by atoms with Crippen LogP contribution in [0, 0.1) is 12.7 Å². The van der Waals surface area contributed by atoms with E-state index in [1.807, 2.05) is 0 Å². The first-order valence-electron chi connectivity index (χ1n) is 5.94. The summed E-state index contributed by atoms with van der Waals surface area (Å²) in [6.07, 6.45) is 0.407. The van der Waals surface area contributed by atoms with Gasteiger partial charge in [0.05, 0.1) is 6.10 Å². The molecule has 0 saturated carbocycles. The number of anilines is 1. The highest BCUT2D eigenvalue weighted by molar-refractivity contribution is 5.72. The molecule has 0 aromatic heterocycles. The SMILES string of the molecule is Cc1ccc(NCC2CCC(C(=O)O)O2)cc1F. The van der Waals surface area contributed by atoms with E-state index >= 15 is 0 Å². The Balaban J connectivity index is 1.85. The number of carboxylic acids is 1. The predicted octanol–water partition coefficient (Wildman–Crippen LogP) is 2.18. The molecule has 5 heteroatoms. The Bertz CT molecular complexity index is 450. The van der Waals surface area contributed by atoms with E-state index in [1.54, 1.807) is 19.1 Å². The summed E-state index contributed by atoms with van der Waals surface area (Å²) in [5.74, 6) is -1.17. The van der Waals surface area contributed by atoms with Crippen LogP contribution in [0.5, 0.6) is 0 Å². The fourth-order valence-electron chi connectivity index (χ4n) is 1.97. The molecule has 0 amide bonds. The molecule has 2 rings (SSSR count). The predicted molar refractivity (Wildman–Crippen MR) is 65.2 cm³/mol. The van der Waals surface area contributed by atoms with Crippen LogP contribution in [-0.4, -0.2) is 29.8 Å². The van der Waals surface area contributed by atoms with Crippen LogP contribution < -0.4 is 5.32 Å². The molecule has 2 N–H and O–H groups in total. The highest BCUT2D eigenvalue weighted by Crippen LogP contribution is 2.21. The second-order valence-electron chi connectivity index (χ2n) is 4.51. The number of hydrogen-bond acceptors (Lipinski definition) is 3. The largest absolute Gasteiger partial charge is 0.479 e. The summed E-state index contributed by atoms with van der Waals surface area (Å²) in [5.41, 5.74) is 1.28. The topological polar surface area (TPSA) is 58.6 Å². The van der Waals surface area contributed by atoms with Crippen molar-refractivity contribution in [1.82, 2.24) is 0 Å². The molecular formula is C13H16FNO3. The average molecular weight is 253 g/mol. The maximum absolute atomic E-state index is 13.3. The van der Waals surface area contributed by atoms with E-state index in [4.69, 9.17) is 9.84 Å². The lowest BCUT2D eigenvalue weighted by molar-refractivity contribution is -0.149. The van der Waals surface area contributed by atoms with Crippen molar-refractivity contribution >= 4 is 11.7 Å². The molecule has 18 heavy (non-hydrogen) atoms. The van der Waals surface area contributed by atoms with Crippen LogP contribution in [0.2, 0.25) is 0 Å². The minimum atomic E-state index is -0.918. The molecule has 1 aromatic rings. The van der Waals surface area contributed by atoms with Gasteiger partial charge in [-0.05, 0) is 37.5 Å².